The molecule has 5 nitrogen and oxygen atoms in total. The number of hydrogen-bond acceptors (Lipinski definition) is 5. The Balaban J connectivity index is 2.95. The lowest BCUT2D eigenvalue weighted by atomic mass is 10.1. The maximum absolute atomic E-state index is 11.5. The Morgan fingerprint density at radius 3 is 2.53 bits per heavy atom. The number of hydrogen-bond donors (Lipinski definition) is 1. The molecule has 1 rings (SSSR count). The van der Waals surface area contributed by atoms with E-state index in [1.807, 2.05) is 13.0 Å². The summed E-state index contributed by atoms with van der Waals surface area (Å²) in [7, 11) is 2.62. The minimum Gasteiger partial charge on any atom is -0.468 e. The standard InChI is InChI=1S/C12H15NO4/c1-8-5-4-6-9(12(15)17-3)11(8)13-7-10(14)16-2/h4-6,13H,7H2,1-3H3. The van der Waals surface area contributed by atoms with Gasteiger partial charge in [-0.15, -0.1) is 0 Å². The van der Waals surface area contributed by atoms with Crippen molar-refractivity contribution in [1.29, 1.82) is 0 Å². The van der Waals surface area contributed by atoms with Gasteiger partial charge in [-0.3, -0.25) is 4.79 Å². The van der Waals surface area contributed by atoms with Crippen LogP contribution in [-0.2, 0) is 14.3 Å². The molecule has 0 saturated carbocycles. The summed E-state index contributed by atoms with van der Waals surface area (Å²) in [6.45, 7) is 1.84. The molecule has 1 aromatic rings. The molecule has 0 saturated heterocycles. The molecular weight excluding hydrogens is 222 g/mol. The molecule has 92 valence electrons. The highest BCUT2D eigenvalue weighted by Crippen LogP contribution is 2.21. The molecule has 0 fully saturated rings. The summed E-state index contributed by atoms with van der Waals surface area (Å²) in [4.78, 5) is 22.6. The van der Waals surface area contributed by atoms with Crippen molar-refractivity contribution in [2.75, 3.05) is 26.1 Å². The summed E-state index contributed by atoms with van der Waals surface area (Å²) in [5.74, 6) is -0.842. The van der Waals surface area contributed by atoms with E-state index >= 15 is 0 Å². The van der Waals surface area contributed by atoms with Gasteiger partial charge in [0.2, 0.25) is 0 Å². The Morgan fingerprint density at radius 1 is 1.24 bits per heavy atom. The molecule has 0 radical (unpaired) electrons. The first kappa shape index (κ1) is 13.0. The van der Waals surface area contributed by atoms with E-state index in [1.165, 1.54) is 14.2 Å². The van der Waals surface area contributed by atoms with Gasteiger partial charge in [-0.05, 0) is 18.6 Å². The van der Waals surface area contributed by atoms with E-state index in [0.29, 0.717) is 11.3 Å². The predicted octanol–water partition coefficient (Wildman–Crippen LogP) is 1.37. The second kappa shape index (κ2) is 5.89. The van der Waals surface area contributed by atoms with E-state index in [9.17, 15) is 9.59 Å². The van der Waals surface area contributed by atoms with Gasteiger partial charge in [-0.1, -0.05) is 12.1 Å². The lowest BCUT2D eigenvalue weighted by Crippen LogP contribution is -2.18. The molecule has 0 bridgehead atoms. The highest BCUT2D eigenvalue weighted by molar-refractivity contribution is 5.96. The van der Waals surface area contributed by atoms with Gasteiger partial charge in [-0.2, -0.15) is 0 Å². The Hall–Kier alpha value is -2.04. The third-order valence-electron chi connectivity index (χ3n) is 2.32. The number of esters is 2. The zero-order valence-electron chi connectivity index (χ0n) is 10.1. The quantitative estimate of drug-likeness (QED) is 0.801. The van der Waals surface area contributed by atoms with Crippen molar-refractivity contribution in [1.82, 2.24) is 0 Å². The summed E-state index contributed by atoms with van der Waals surface area (Å²) in [6, 6.07) is 5.23. The zero-order chi connectivity index (χ0) is 12.8. The fraction of sp³-hybridized carbons (Fsp3) is 0.333. The van der Waals surface area contributed by atoms with E-state index in [0.717, 1.165) is 5.56 Å². The normalized spacial score (nSPS) is 9.59. The van der Waals surface area contributed by atoms with Gasteiger partial charge in [0.25, 0.3) is 0 Å². The Kier molecular flexibility index (Phi) is 4.51. The third kappa shape index (κ3) is 3.21. The molecule has 0 aliphatic carbocycles. The Labute approximate surface area is 99.7 Å². The van der Waals surface area contributed by atoms with Crippen LogP contribution >= 0.6 is 0 Å². The first-order valence-corrected chi connectivity index (χ1v) is 5.08. The highest BCUT2D eigenvalue weighted by atomic mass is 16.5. The minimum atomic E-state index is -0.443. The van der Waals surface area contributed by atoms with Crippen LogP contribution in [-0.4, -0.2) is 32.7 Å². The van der Waals surface area contributed by atoms with Crippen molar-refractivity contribution in [2.45, 2.75) is 6.92 Å². The summed E-state index contributed by atoms with van der Waals surface area (Å²) in [5, 5.41) is 2.87. The maximum atomic E-state index is 11.5. The average Bonchev–Trinajstić information content (AvgIpc) is 2.35. The van der Waals surface area contributed by atoms with E-state index in [1.54, 1.807) is 12.1 Å². The maximum Gasteiger partial charge on any atom is 0.339 e. The molecule has 0 aromatic heterocycles. The SMILES string of the molecule is COC(=O)CNc1c(C)cccc1C(=O)OC. The minimum absolute atomic E-state index is 0.00531. The number of rotatable bonds is 4. The molecule has 0 heterocycles. The van der Waals surface area contributed by atoms with Crippen LogP contribution in [0.4, 0.5) is 5.69 Å². The summed E-state index contributed by atoms with van der Waals surface area (Å²) in [6.07, 6.45) is 0. The van der Waals surface area contributed by atoms with Crippen LogP contribution in [0.15, 0.2) is 18.2 Å². The fourth-order valence-electron chi connectivity index (χ4n) is 1.42. The second-order valence-corrected chi connectivity index (χ2v) is 3.42. The number of anilines is 1. The van der Waals surface area contributed by atoms with Crippen molar-refractivity contribution in [3.8, 4) is 0 Å². The van der Waals surface area contributed by atoms with Crippen LogP contribution in [0.1, 0.15) is 15.9 Å². The van der Waals surface area contributed by atoms with Crippen LogP contribution < -0.4 is 5.32 Å². The van der Waals surface area contributed by atoms with Crippen LogP contribution in [0.2, 0.25) is 0 Å². The largest absolute Gasteiger partial charge is 0.468 e. The topological polar surface area (TPSA) is 64.6 Å². The molecule has 5 heteroatoms. The molecule has 0 spiro atoms. The zero-order valence-corrected chi connectivity index (χ0v) is 10.1. The molecule has 0 amide bonds. The van der Waals surface area contributed by atoms with Gasteiger partial charge in [-0.25, -0.2) is 4.79 Å². The van der Waals surface area contributed by atoms with Crippen LogP contribution in [0.3, 0.4) is 0 Å². The van der Waals surface area contributed by atoms with E-state index in [2.05, 4.69) is 14.8 Å². The number of methoxy groups -OCH3 is 2. The van der Waals surface area contributed by atoms with Crippen molar-refractivity contribution < 1.29 is 19.1 Å². The summed E-state index contributed by atoms with van der Waals surface area (Å²) >= 11 is 0. The number of benzene rings is 1. The molecular formula is C12H15NO4. The van der Waals surface area contributed by atoms with Gasteiger partial charge in [0.05, 0.1) is 25.5 Å². The summed E-state index contributed by atoms with van der Waals surface area (Å²) in [5.41, 5.74) is 1.85. The Morgan fingerprint density at radius 2 is 1.94 bits per heavy atom. The van der Waals surface area contributed by atoms with Crippen molar-refractivity contribution in [2.24, 2.45) is 0 Å². The highest BCUT2D eigenvalue weighted by Gasteiger charge is 2.14. The number of carbonyl (C=O) groups is 2. The first-order valence-electron chi connectivity index (χ1n) is 5.08. The van der Waals surface area contributed by atoms with Gasteiger partial charge >= 0.3 is 11.9 Å². The molecule has 0 aliphatic rings. The third-order valence-corrected chi connectivity index (χ3v) is 2.32. The van der Waals surface area contributed by atoms with E-state index in [4.69, 9.17) is 0 Å². The summed E-state index contributed by atoms with van der Waals surface area (Å²) < 4.78 is 9.19. The van der Waals surface area contributed by atoms with Gasteiger partial charge in [0, 0.05) is 0 Å². The molecule has 17 heavy (non-hydrogen) atoms. The van der Waals surface area contributed by atoms with E-state index in [-0.39, 0.29) is 6.54 Å². The predicted molar refractivity (Wildman–Crippen MR) is 63.0 cm³/mol. The lowest BCUT2D eigenvalue weighted by molar-refractivity contribution is -0.138. The van der Waals surface area contributed by atoms with Crippen LogP contribution in [0, 0.1) is 6.92 Å². The smallest absolute Gasteiger partial charge is 0.339 e. The van der Waals surface area contributed by atoms with Crippen LogP contribution in [0.25, 0.3) is 0 Å². The number of ether oxygens (including phenoxy) is 2. The monoisotopic (exact) mass is 237 g/mol. The van der Waals surface area contributed by atoms with Gasteiger partial charge < -0.3 is 14.8 Å². The van der Waals surface area contributed by atoms with Crippen molar-refractivity contribution >= 4 is 17.6 Å². The molecule has 0 atom stereocenters. The average molecular weight is 237 g/mol. The van der Waals surface area contributed by atoms with Gasteiger partial charge in [0.1, 0.15) is 6.54 Å². The van der Waals surface area contributed by atoms with E-state index < -0.39 is 11.9 Å². The molecule has 0 aliphatic heterocycles. The van der Waals surface area contributed by atoms with Crippen molar-refractivity contribution in [3.63, 3.8) is 0 Å². The number of aryl methyl sites for hydroxylation is 1. The van der Waals surface area contributed by atoms with Gasteiger partial charge in [0.15, 0.2) is 0 Å². The number of para-hydroxylation sites is 1. The second-order valence-electron chi connectivity index (χ2n) is 3.42. The van der Waals surface area contributed by atoms with Crippen molar-refractivity contribution in [3.05, 3.63) is 29.3 Å². The molecule has 1 N–H and O–H groups in total. The van der Waals surface area contributed by atoms with Crippen LogP contribution in [0.5, 0.6) is 0 Å². The number of nitrogens with one attached hydrogen (secondary N) is 1. The first-order chi connectivity index (χ1) is 8.10. The lowest BCUT2D eigenvalue weighted by Gasteiger charge is -2.12. The Bertz CT molecular complexity index is 429. The number of carbonyl (C=O) groups excluding carboxylic acids is 2. The fourth-order valence-corrected chi connectivity index (χ4v) is 1.42. The molecule has 0 unspecified atom stereocenters. The molecule has 1 aromatic carbocycles.